The first-order valence-corrected chi connectivity index (χ1v) is 12.5. The van der Waals surface area contributed by atoms with Gasteiger partial charge in [0.15, 0.2) is 5.69 Å². The Bertz CT molecular complexity index is 1580. The van der Waals surface area contributed by atoms with Gasteiger partial charge in [-0.1, -0.05) is 35.9 Å². The maximum absolute atomic E-state index is 13.3. The van der Waals surface area contributed by atoms with Crippen LogP contribution in [0.1, 0.15) is 33.7 Å². The first kappa shape index (κ1) is 25.9. The molecule has 4 aromatic rings. The van der Waals surface area contributed by atoms with E-state index in [0.29, 0.717) is 22.2 Å². The van der Waals surface area contributed by atoms with Crippen molar-refractivity contribution in [2.75, 3.05) is 17.2 Å². The molecule has 39 heavy (non-hydrogen) atoms. The Labute approximate surface area is 227 Å². The lowest BCUT2D eigenvalue weighted by molar-refractivity contribution is -0.135. The summed E-state index contributed by atoms with van der Waals surface area (Å²) in [5, 5.41) is 10.4. The number of anilines is 2. The van der Waals surface area contributed by atoms with Crippen LogP contribution in [0.4, 0.5) is 11.5 Å². The average molecular weight is 546 g/mol. The normalized spacial score (nSPS) is 12.6. The lowest BCUT2D eigenvalue weighted by Gasteiger charge is -2.22. The molecule has 4 amide bonds. The fourth-order valence-corrected chi connectivity index (χ4v) is 4.36. The van der Waals surface area contributed by atoms with Gasteiger partial charge in [0.1, 0.15) is 24.1 Å². The first-order valence-electron chi connectivity index (χ1n) is 12.2. The number of nitrogens with two attached hydrogens (primary N) is 1. The Morgan fingerprint density at radius 2 is 1.77 bits per heavy atom. The minimum atomic E-state index is -0.773. The van der Waals surface area contributed by atoms with Crippen molar-refractivity contribution in [2.45, 2.75) is 25.4 Å². The van der Waals surface area contributed by atoms with E-state index < -0.39 is 11.8 Å². The molecule has 0 atom stereocenters. The number of pyridine rings is 1. The lowest BCUT2D eigenvalue weighted by atomic mass is 10.1. The second-order valence-corrected chi connectivity index (χ2v) is 9.46. The third kappa shape index (κ3) is 6.04. The van der Waals surface area contributed by atoms with Crippen LogP contribution < -0.4 is 16.4 Å². The molecule has 2 aromatic heterocycles. The number of benzene rings is 2. The molecule has 2 heterocycles. The summed E-state index contributed by atoms with van der Waals surface area (Å²) in [7, 11) is 0. The zero-order valence-corrected chi connectivity index (χ0v) is 21.4. The van der Waals surface area contributed by atoms with Gasteiger partial charge in [-0.25, -0.2) is 4.98 Å². The molecular formula is C27H24ClN7O4. The molecule has 1 aliphatic carbocycles. The average Bonchev–Trinajstić information content (AvgIpc) is 3.69. The number of hydrogen-bond acceptors (Lipinski definition) is 6. The molecule has 5 rings (SSSR count). The fraction of sp³-hybridized carbons (Fsp3) is 0.185. The zero-order chi connectivity index (χ0) is 27.5. The second kappa shape index (κ2) is 10.9. The molecule has 1 saturated carbocycles. The summed E-state index contributed by atoms with van der Waals surface area (Å²) in [4.78, 5) is 56.2. The largest absolute Gasteiger partial charge is 0.364 e. The smallest absolute Gasteiger partial charge is 0.269 e. The summed E-state index contributed by atoms with van der Waals surface area (Å²) in [6.45, 7) is -0.381. The Balaban J connectivity index is 1.34. The van der Waals surface area contributed by atoms with Crippen molar-refractivity contribution in [2.24, 2.45) is 5.73 Å². The number of aromatic nitrogens is 3. The second-order valence-electron chi connectivity index (χ2n) is 9.07. The number of carbonyl (C=O) groups excluding carboxylic acids is 4. The maximum Gasteiger partial charge on any atom is 0.269 e. The molecular weight excluding hydrogens is 522 g/mol. The van der Waals surface area contributed by atoms with Crippen LogP contribution in [-0.4, -0.2) is 55.9 Å². The SMILES string of the molecule is NC(=O)c1nn(CC(=O)N(CC(=O)Nc2cccc(Cl)n2)C2CC2)c2ccc(NC(=O)c3ccccc3)cc12. The van der Waals surface area contributed by atoms with Gasteiger partial charge in [0.05, 0.1) is 5.52 Å². The molecule has 1 aliphatic rings. The molecule has 0 aliphatic heterocycles. The lowest BCUT2D eigenvalue weighted by Crippen LogP contribution is -2.41. The van der Waals surface area contributed by atoms with Crippen molar-refractivity contribution in [1.29, 1.82) is 0 Å². The third-order valence-corrected chi connectivity index (χ3v) is 6.38. The molecule has 0 unspecified atom stereocenters. The number of halogens is 1. The van der Waals surface area contributed by atoms with Crippen LogP contribution in [0.2, 0.25) is 5.15 Å². The van der Waals surface area contributed by atoms with E-state index in [1.807, 2.05) is 6.07 Å². The van der Waals surface area contributed by atoms with E-state index >= 15 is 0 Å². The van der Waals surface area contributed by atoms with Gasteiger partial charge in [-0.2, -0.15) is 5.10 Å². The highest BCUT2D eigenvalue weighted by atomic mass is 35.5. The van der Waals surface area contributed by atoms with E-state index in [2.05, 4.69) is 20.7 Å². The molecule has 0 radical (unpaired) electrons. The number of nitrogens with zero attached hydrogens (tertiary/aromatic N) is 4. The summed E-state index contributed by atoms with van der Waals surface area (Å²) in [5.41, 5.74) is 6.94. The number of carbonyl (C=O) groups is 4. The molecule has 0 saturated heterocycles. The molecule has 4 N–H and O–H groups in total. The monoisotopic (exact) mass is 545 g/mol. The highest BCUT2D eigenvalue weighted by Gasteiger charge is 2.34. The Morgan fingerprint density at radius 1 is 1.00 bits per heavy atom. The van der Waals surface area contributed by atoms with Gasteiger partial charge in [0, 0.05) is 22.7 Å². The van der Waals surface area contributed by atoms with E-state index in [1.165, 1.54) is 9.58 Å². The minimum absolute atomic E-state index is 0.0312. The van der Waals surface area contributed by atoms with Crippen molar-refractivity contribution < 1.29 is 19.2 Å². The standard InChI is InChI=1S/C27H24ClN7O4/c28-21-7-4-8-22(31-21)32-23(36)14-34(18-10-11-18)24(37)15-35-20-12-9-17(13-19(20)25(33-35)26(29)38)30-27(39)16-5-2-1-3-6-16/h1-9,12-13,18H,10-11,14-15H2,(H2,29,38)(H,30,39)(H,31,32,36). The molecule has 11 nitrogen and oxygen atoms in total. The van der Waals surface area contributed by atoms with Crippen LogP contribution in [0.3, 0.4) is 0 Å². The van der Waals surface area contributed by atoms with Crippen molar-refractivity contribution in [1.82, 2.24) is 19.7 Å². The van der Waals surface area contributed by atoms with Crippen LogP contribution in [0.15, 0.2) is 66.7 Å². The number of rotatable bonds is 9. The van der Waals surface area contributed by atoms with Crippen LogP contribution in [-0.2, 0) is 16.1 Å². The van der Waals surface area contributed by atoms with Gasteiger partial charge in [0.25, 0.3) is 11.8 Å². The van der Waals surface area contributed by atoms with E-state index in [1.54, 1.807) is 60.7 Å². The van der Waals surface area contributed by atoms with Gasteiger partial charge >= 0.3 is 0 Å². The van der Waals surface area contributed by atoms with E-state index in [0.717, 1.165) is 12.8 Å². The quantitative estimate of drug-likeness (QED) is 0.275. The van der Waals surface area contributed by atoms with Crippen molar-refractivity contribution in [3.63, 3.8) is 0 Å². The van der Waals surface area contributed by atoms with Gasteiger partial charge in [-0.15, -0.1) is 0 Å². The number of nitrogens with one attached hydrogen (secondary N) is 2. The highest BCUT2D eigenvalue weighted by molar-refractivity contribution is 6.29. The van der Waals surface area contributed by atoms with Crippen molar-refractivity contribution >= 4 is 57.6 Å². The van der Waals surface area contributed by atoms with Gasteiger partial charge < -0.3 is 21.3 Å². The number of fused-ring (bicyclic) bond motifs is 1. The predicted molar refractivity (Wildman–Crippen MR) is 145 cm³/mol. The molecule has 0 spiro atoms. The van der Waals surface area contributed by atoms with Crippen LogP contribution in [0.5, 0.6) is 0 Å². The van der Waals surface area contributed by atoms with E-state index in [4.69, 9.17) is 17.3 Å². The number of primary amides is 1. The summed E-state index contributed by atoms with van der Waals surface area (Å²) in [6.07, 6.45) is 1.57. The highest BCUT2D eigenvalue weighted by Crippen LogP contribution is 2.28. The zero-order valence-electron chi connectivity index (χ0n) is 20.6. The molecule has 12 heteroatoms. The first-order chi connectivity index (χ1) is 18.8. The van der Waals surface area contributed by atoms with Crippen molar-refractivity contribution in [3.05, 3.63) is 83.1 Å². The van der Waals surface area contributed by atoms with Crippen LogP contribution >= 0.6 is 11.6 Å². The minimum Gasteiger partial charge on any atom is -0.364 e. The Kier molecular flexibility index (Phi) is 7.24. The topological polar surface area (TPSA) is 152 Å². The molecule has 1 fully saturated rings. The van der Waals surface area contributed by atoms with Gasteiger partial charge in [0.2, 0.25) is 11.8 Å². The maximum atomic E-state index is 13.3. The molecule has 2 aromatic carbocycles. The van der Waals surface area contributed by atoms with E-state index in [9.17, 15) is 19.2 Å². The fourth-order valence-electron chi connectivity index (χ4n) is 4.19. The van der Waals surface area contributed by atoms with E-state index in [-0.39, 0.29) is 47.6 Å². The van der Waals surface area contributed by atoms with Crippen LogP contribution in [0.25, 0.3) is 10.9 Å². The number of hydrogen-bond donors (Lipinski definition) is 3. The van der Waals surface area contributed by atoms with Gasteiger partial charge in [-0.05, 0) is 55.3 Å². The Morgan fingerprint density at radius 3 is 2.46 bits per heavy atom. The predicted octanol–water partition coefficient (Wildman–Crippen LogP) is 3.07. The third-order valence-electron chi connectivity index (χ3n) is 6.17. The summed E-state index contributed by atoms with van der Waals surface area (Å²) >= 11 is 5.88. The molecule has 198 valence electrons. The van der Waals surface area contributed by atoms with Crippen molar-refractivity contribution in [3.8, 4) is 0 Å². The Hall–Kier alpha value is -4.77. The summed E-state index contributed by atoms with van der Waals surface area (Å²) in [6, 6.07) is 18.4. The number of amides is 4. The van der Waals surface area contributed by atoms with Crippen LogP contribution in [0, 0.1) is 0 Å². The summed E-state index contributed by atoms with van der Waals surface area (Å²) in [5.74, 6) is -1.55. The summed E-state index contributed by atoms with van der Waals surface area (Å²) < 4.78 is 1.38. The molecule has 0 bridgehead atoms. The van der Waals surface area contributed by atoms with Gasteiger partial charge in [-0.3, -0.25) is 23.9 Å².